The first kappa shape index (κ1) is 19.0. The maximum Gasteiger partial charge on any atom is 0.252 e. The van der Waals surface area contributed by atoms with Gasteiger partial charge in [0.2, 0.25) is 5.52 Å². The third-order valence-electron chi connectivity index (χ3n) is 7.22. The fourth-order valence-corrected chi connectivity index (χ4v) is 5.33. The van der Waals surface area contributed by atoms with Gasteiger partial charge in [0.1, 0.15) is 12.9 Å². The first-order valence-electron chi connectivity index (χ1n) is 10.8. The van der Waals surface area contributed by atoms with Crippen LogP contribution < -0.4 is 4.57 Å². The van der Waals surface area contributed by atoms with Gasteiger partial charge in [0.15, 0.2) is 6.20 Å². The molecule has 0 aliphatic carbocycles. The number of rotatable bonds is 1. The van der Waals surface area contributed by atoms with E-state index in [9.17, 15) is 0 Å². The Morgan fingerprint density at radius 1 is 1.00 bits per heavy atom. The molecule has 6 rings (SSSR count). The molecule has 0 unspecified atom stereocenters. The molecular weight excluding hydrogens is 397 g/mol. The number of halogens is 1. The molecule has 4 heteroatoms. The quantitative estimate of drug-likeness (QED) is 0.121. The number of fused-ring (bicyclic) bond motifs is 5. The average Bonchev–Trinajstić information content (AvgIpc) is 3.10. The number of benzene rings is 3. The van der Waals surface area contributed by atoms with E-state index in [2.05, 4.69) is 65.2 Å². The summed E-state index contributed by atoms with van der Waals surface area (Å²) < 4.78 is 19.6. The van der Waals surface area contributed by atoms with Gasteiger partial charge in [-0.25, -0.2) is 15.5 Å². The fourth-order valence-electron chi connectivity index (χ4n) is 5.33. The van der Waals surface area contributed by atoms with Gasteiger partial charge in [-0.1, -0.05) is 6.07 Å². The van der Waals surface area contributed by atoms with Gasteiger partial charge in [0.05, 0.1) is 27.3 Å². The maximum atomic E-state index is 15.2. The summed E-state index contributed by atoms with van der Waals surface area (Å²) in [6.07, 6.45) is 2.09. The number of hydrogen-bond acceptors (Lipinski definition) is 0. The molecule has 0 saturated carbocycles. The van der Waals surface area contributed by atoms with Gasteiger partial charge in [-0.2, -0.15) is 0 Å². The fraction of sp³-hybridized carbons (Fsp3) is 0.214. The first-order valence-corrected chi connectivity index (χ1v) is 10.8. The van der Waals surface area contributed by atoms with Crippen molar-refractivity contribution >= 4 is 49.0 Å². The summed E-state index contributed by atoms with van der Waals surface area (Å²) in [5, 5.41) is 5.00. The van der Waals surface area contributed by atoms with Crippen LogP contribution in [0.5, 0.6) is 0 Å². The van der Waals surface area contributed by atoms with Crippen LogP contribution in [0.2, 0.25) is 0 Å². The molecule has 0 radical (unpaired) electrons. The Kier molecular flexibility index (Phi) is 3.54. The van der Waals surface area contributed by atoms with E-state index in [1.165, 1.54) is 5.56 Å². The molecule has 0 amide bonds. The monoisotopic (exact) mass is 420 g/mol. The highest BCUT2D eigenvalue weighted by atomic mass is 19.1. The molecule has 0 aliphatic heterocycles. The van der Waals surface area contributed by atoms with Crippen molar-refractivity contribution in [3.05, 3.63) is 82.6 Å². The smallest absolute Gasteiger partial charge is 0.252 e. The standard InChI is InChI=1S/C28H23FN3/c1-15-12-19-25-20(29)8-7-9-21(25)32-22-14-18(28(3,4)30-5)13-17-10-11-31(6)27(24(17)22)23(16(15)2)26(19)32/h7-14H,1-4,6H3/q+1. The van der Waals surface area contributed by atoms with E-state index >= 15 is 4.39 Å². The second kappa shape index (κ2) is 5.95. The van der Waals surface area contributed by atoms with Gasteiger partial charge in [0, 0.05) is 36.2 Å². The molecule has 3 nitrogen and oxygen atoms in total. The molecule has 3 aromatic carbocycles. The Morgan fingerprint density at radius 3 is 2.53 bits per heavy atom. The molecular formula is C28H23FN3+. The molecule has 0 spiro atoms. The van der Waals surface area contributed by atoms with Gasteiger partial charge < -0.3 is 9.25 Å². The van der Waals surface area contributed by atoms with Crippen molar-refractivity contribution in [1.82, 2.24) is 4.40 Å². The lowest BCUT2D eigenvalue weighted by atomic mass is 9.90. The molecule has 3 heterocycles. The highest BCUT2D eigenvalue weighted by Gasteiger charge is 2.30. The van der Waals surface area contributed by atoms with Crippen LogP contribution in [0.25, 0.3) is 53.8 Å². The normalized spacial score (nSPS) is 12.7. The first-order chi connectivity index (χ1) is 15.2. The molecule has 0 atom stereocenters. The lowest BCUT2D eigenvalue weighted by Gasteiger charge is -2.17. The molecule has 0 bridgehead atoms. The molecule has 0 aliphatic rings. The summed E-state index contributed by atoms with van der Waals surface area (Å²) in [4.78, 5) is 3.89. The average molecular weight is 421 g/mol. The SMILES string of the molecule is [C-]#[N+]C(C)(C)c1cc2cc[n+](C)c3c4c(C)c(C)cc5c6c(F)cccc6n(c(c1)c23)c54. The van der Waals surface area contributed by atoms with Crippen LogP contribution in [0, 0.1) is 26.2 Å². The zero-order chi connectivity index (χ0) is 22.5. The third-order valence-corrected chi connectivity index (χ3v) is 7.22. The molecule has 32 heavy (non-hydrogen) atoms. The van der Waals surface area contributed by atoms with Crippen LogP contribution >= 0.6 is 0 Å². The minimum Gasteiger partial charge on any atom is -0.307 e. The van der Waals surface area contributed by atoms with Crippen molar-refractivity contribution < 1.29 is 8.96 Å². The summed E-state index contributed by atoms with van der Waals surface area (Å²) in [7, 11) is 2.07. The van der Waals surface area contributed by atoms with E-state index in [1.54, 1.807) is 12.1 Å². The van der Waals surface area contributed by atoms with Crippen molar-refractivity contribution in [2.75, 3.05) is 0 Å². The predicted octanol–water partition coefficient (Wildman–Crippen LogP) is 6.72. The highest BCUT2D eigenvalue weighted by molar-refractivity contribution is 6.26. The lowest BCUT2D eigenvalue weighted by molar-refractivity contribution is -0.643. The lowest BCUT2D eigenvalue weighted by Crippen LogP contribution is -2.29. The van der Waals surface area contributed by atoms with Gasteiger partial charge >= 0.3 is 0 Å². The predicted molar refractivity (Wildman–Crippen MR) is 129 cm³/mol. The molecule has 0 fully saturated rings. The zero-order valence-electron chi connectivity index (χ0n) is 18.8. The van der Waals surface area contributed by atoms with Crippen molar-refractivity contribution in [2.24, 2.45) is 7.05 Å². The van der Waals surface area contributed by atoms with Crippen molar-refractivity contribution in [2.45, 2.75) is 33.2 Å². The van der Waals surface area contributed by atoms with Crippen LogP contribution in [0.15, 0.2) is 48.7 Å². The van der Waals surface area contributed by atoms with Gasteiger partial charge in [-0.3, -0.25) is 0 Å². The van der Waals surface area contributed by atoms with Crippen molar-refractivity contribution in [1.29, 1.82) is 0 Å². The molecule has 0 N–H and O–H groups in total. The van der Waals surface area contributed by atoms with E-state index in [0.717, 1.165) is 54.7 Å². The van der Waals surface area contributed by atoms with Gasteiger partial charge in [-0.15, -0.1) is 0 Å². The number of aryl methyl sites for hydroxylation is 3. The Morgan fingerprint density at radius 2 is 1.78 bits per heavy atom. The number of hydrogen-bond donors (Lipinski definition) is 0. The highest BCUT2D eigenvalue weighted by Crippen LogP contribution is 2.43. The molecule has 156 valence electrons. The summed E-state index contributed by atoms with van der Waals surface area (Å²) in [6.45, 7) is 15.9. The Hall–Kier alpha value is -3.71. The number of pyridine rings is 2. The molecule has 0 saturated heterocycles. The van der Waals surface area contributed by atoms with E-state index in [1.807, 2.05) is 19.9 Å². The van der Waals surface area contributed by atoms with Gasteiger partial charge in [0.25, 0.3) is 5.54 Å². The molecule has 6 aromatic rings. The summed E-state index contributed by atoms with van der Waals surface area (Å²) in [5.74, 6) is -0.204. The zero-order valence-corrected chi connectivity index (χ0v) is 18.8. The van der Waals surface area contributed by atoms with Crippen LogP contribution in [0.1, 0.15) is 30.5 Å². The van der Waals surface area contributed by atoms with E-state index in [0.29, 0.717) is 5.39 Å². The Bertz CT molecular complexity index is 1800. The maximum absolute atomic E-state index is 15.2. The molecule has 3 aromatic heterocycles. The third kappa shape index (κ3) is 2.16. The minimum atomic E-state index is -0.653. The second-order valence-electron chi connectivity index (χ2n) is 9.46. The topological polar surface area (TPSA) is 12.7 Å². The summed E-state index contributed by atoms with van der Waals surface area (Å²) in [5.41, 5.74) is 6.74. The van der Waals surface area contributed by atoms with E-state index in [4.69, 9.17) is 6.57 Å². The minimum absolute atomic E-state index is 0.204. The van der Waals surface area contributed by atoms with Crippen LogP contribution in [0.4, 0.5) is 4.39 Å². The van der Waals surface area contributed by atoms with Gasteiger partial charge in [-0.05, 0) is 60.7 Å². The number of aromatic nitrogens is 2. The van der Waals surface area contributed by atoms with Crippen molar-refractivity contribution in [3.8, 4) is 0 Å². The van der Waals surface area contributed by atoms with E-state index < -0.39 is 5.54 Å². The van der Waals surface area contributed by atoms with Crippen LogP contribution in [-0.2, 0) is 12.6 Å². The Labute approximate surface area is 185 Å². The summed E-state index contributed by atoms with van der Waals surface area (Å²) in [6, 6.07) is 13.8. The van der Waals surface area contributed by atoms with E-state index in [-0.39, 0.29) is 5.82 Å². The van der Waals surface area contributed by atoms with Crippen LogP contribution in [-0.4, -0.2) is 4.40 Å². The van der Waals surface area contributed by atoms with Crippen molar-refractivity contribution in [3.63, 3.8) is 0 Å². The Balaban J connectivity index is 2.08. The van der Waals surface area contributed by atoms with Crippen LogP contribution in [0.3, 0.4) is 0 Å². The second-order valence-corrected chi connectivity index (χ2v) is 9.46. The summed E-state index contributed by atoms with van der Waals surface area (Å²) >= 11 is 0. The number of nitrogens with zero attached hydrogens (tertiary/aromatic N) is 3. The largest absolute Gasteiger partial charge is 0.307 e.